The molecule has 1 aromatic heterocycles. The second-order valence-corrected chi connectivity index (χ2v) is 3.23. The van der Waals surface area contributed by atoms with E-state index in [-0.39, 0.29) is 22.3 Å². The minimum atomic E-state index is -2.75. The summed E-state index contributed by atoms with van der Waals surface area (Å²) in [6.07, 6.45) is -2.96. The summed E-state index contributed by atoms with van der Waals surface area (Å²) in [5.74, 6) is -0.250. The van der Waals surface area contributed by atoms with Crippen molar-refractivity contribution in [2.75, 3.05) is 0 Å². The number of nitriles is 1. The molecule has 0 aliphatic rings. The monoisotopic (exact) mass is 262 g/mol. The Morgan fingerprint density at radius 2 is 2.29 bits per heavy atom. The van der Waals surface area contributed by atoms with Crippen molar-refractivity contribution in [2.45, 2.75) is 12.8 Å². The molecule has 1 rings (SSSR count). The van der Waals surface area contributed by atoms with Crippen LogP contribution in [0.25, 0.3) is 0 Å². The molecule has 0 bridgehead atoms. The molecule has 0 aromatic carbocycles. The zero-order chi connectivity index (χ0) is 10.7. The Bertz CT molecular complexity index is 390. The molecule has 0 saturated carbocycles. The molecule has 0 amide bonds. The Morgan fingerprint density at radius 3 is 2.79 bits per heavy atom. The van der Waals surface area contributed by atoms with E-state index < -0.39 is 12.1 Å². The summed E-state index contributed by atoms with van der Waals surface area (Å²) in [7, 11) is 0. The molecular weight excluding hydrogens is 258 g/mol. The van der Waals surface area contributed by atoms with Gasteiger partial charge in [-0.3, -0.25) is 0 Å². The Balaban J connectivity index is 3.25. The van der Waals surface area contributed by atoms with Gasteiger partial charge in [0.05, 0.1) is 12.5 Å². The van der Waals surface area contributed by atoms with Crippen molar-refractivity contribution in [3.8, 4) is 11.8 Å². The Kier molecular flexibility index (Phi) is 3.36. The molecule has 3 nitrogen and oxygen atoms in total. The van der Waals surface area contributed by atoms with Gasteiger partial charge in [0.15, 0.2) is 0 Å². The molecule has 0 saturated heterocycles. The minimum Gasteiger partial charge on any atom is -0.505 e. The van der Waals surface area contributed by atoms with E-state index in [1.807, 2.05) is 0 Å². The number of alkyl halides is 2. The molecule has 0 fully saturated rings. The number of hydrogen-bond donors (Lipinski definition) is 1. The second-order valence-electron chi connectivity index (χ2n) is 2.48. The fraction of sp³-hybridized carbons (Fsp3) is 0.250. The summed E-state index contributed by atoms with van der Waals surface area (Å²) in [4.78, 5) is 3.46. The van der Waals surface area contributed by atoms with E-state index >= 15 is 0 Å². The van der Waals surface area contributed by atoms with Crippen molar-refractivity contribution < 1.29 is 13.9 Å². The lowest BCUT2D eigenvalue weighted by molar-refractivity contribution is 0.144. The van der Waals surface area contributed by atoms with Gasteiger partial charge in [-0.15, -0.1) is 0 Å². The van der Waals surface area contributed by atoms with E-state index in [1.54, 1.807) is 6.07 Å². The maximum Gasteiger partial charge on any atom is 0.280 e. The first-order valence-corrected chi connectivity index (χ1v) is 4.39. The average Bonchev–Trinajstić information content (AvgIpc) is 2.11. The molecular formula is C8H5BrF2N2O. The zero-order valence-electron chi connectivity index (χ0n) is 6.84. The summed E-state index contributed by atoms with van der Waals surface area (Å²) in [6.45, 7) is 0. The van der Waals surface area contributed by atoms with Crippen molar-refractivity contribution >= 4 is 15.9 Å². The molecule has 0 atom stereocenters. The van der Waals surface area contributed by atoms with E-state index in [9.17, 15) is 8.78 Å². The van der Waals surface area contributed by atoms with E-state index in [1.165, 1.54) is 0 Å². The SMILES string of the molecule is N#CCc1cc(O)c(Br)nc1C(F)F. The summed E-state index contributed by atoms with van der Waals surface area (Å²) in [5.41, 5.74) is -0.431. The molecule has 74 valence electrons. The van der Waals surface area contributed by atoms with Gasteiger partial charge in [0.1, 0.15) is 16.0 Å². The number of nitrogens with zero attached hydrogens (tertiary/aromatic N) is 2. The number of aromatic nitrogens is 1. The fourth-order valence-electron chi connectivity index (χ4n) is 0.949. The van der Waals surface area contributed by atoms with Crippen LogP contribution in [-0.4, -0.2) is 10.1 Å². The van der Waals surface area contributed by atoms with Crippen LogP contribution in [0.1, 0.15) is 17.7 Å². The van der Waals surface area contributed by atoms with Crippen molar-refractivity contribution in [3.63, 3.8) is 0 Å². The molecule has 6 heteroatoms. The van der Waals surface area contributed by atoms with Crippen LogP contribution in [0.2, 0.25) is 0 Å². The van der Waals surface area contributed by atoms with Crippen molar-refractivity contribution in [1.82, 2.24) is 4.98 Å². The summed E-state index contributed by atoms with van der Waals surface area (Å²) in [6, 6.07) is 2.84. The number of aromatic hydroxyl groups is 1. The highest BCUT2D eigenvalue weighted by atomic mass is 79.9. The maximum absolute atomic E-state index is 12.4. The van der Waals surface area contributed by atoms with Gasteiger partial charge in [0, 0.05) is 0 Å². The first-order valence-electron chi connectivity index (χ1n) is 3.59. The molecule has 0 spiro atoms. The highest BCUT2D eigenvalue weighted by Gasteiger charge is 2.17. The van der Waals surface area contributed by atoms with Gasteiger partial charge >= 0.3 is 0 Å². The Labute approximate surface area is 87.1 Å². The lowest BCUT2D eigenvalue weighted by Gasteiger charge is -2.06. The quantitative estimate of drug-likeness (QED) is 0.834. The lowest BCUT2D eigenvalue weighted by atomic mass is 10.1. The predicted molar refractivity (Wildman–Crippen MR) is 47.9 cm³/mol. The van der Waals surface area contributed by atoms with Crippen LogP contribution in [0.4, 0.5) is 8.78 Å². The van der Waals surface area contributed by atoms with Gasteiger partial charge in [-0.05, 0) is 27.6 Å². The van der Waals surface area contributed by atoms with Crippen LogP contribution in [0.5, 0.6) is 5.75 Å². The summed E-state index contributed by atoms with van der Waals surface area (Å²) < 4.78 is 24.7. The van der Waals surface area contributed by atoms with Crippen LogP contribution >= 0.6 is 15.9 Å². The van der Waals surface area contributed by atoms with Crippen LogP contribution in [0.3, 0.4) is 0 Å². The van der Waals surface area contributed by atoms with Crippen molar-refractivity contribution in [1.29, 1.82) is 5.26 Å². The van der Waals surface area contributed by atoms with Crippen molar-refractivity contribution in [3.05, 3.63) is 21.9 Å². The second kappa shape index (κ2) is 4.33. The fourth-order valence-corrected chi connectivity index (χ4v) is 1.25. The summed E-state index contributed by atoms with van der Waals surface area (Å²) in [5, 5.41) is 17.5. The van der Waals surface area contributed by atoms with Crippen LogP contribution < -0.4 is 0 Å². The molecule has 0 aliphatic heterocycles. The average molecular weight is 263 g/mol. The van der Waals surface area contributed by atoms with Crippen LogP contribution in [0.15, 0.2) is 10.7 Å². The van der Waals surface area contributed by atoms with Crippen LogP contribution in [0, 0.1) is 11.3 Å². The first kappa shape index (κ1) is 10.9. The van der Waals surface area contributed by atoms with Gasteiger partial charge < -0.3 is 5.11 Å². The number of halogens is 3. The topological polar surface area (TPSA) is 56.9 Å². The van der Waals surface area contributed by atoms with Crippen molar-refractivity contribution in [2.24, 2.45) is 0 Å². The highest BCUT2D eigenvalue weighted by Crippen LogP contribution is 2.29. The third kappa shape index (κ3) is 2.17. The standard InChI is InChI=1S/C8H5BrF2N2O/c9-7-5(14)3-4(1-2-12)6(13-7)8(10)11/h3,8,14H,1H2. The Hall–Kier alpha value is -1.22. The van der Waals surface area contributed by atoms with Gasteiger partial charge in [0.25, 0.3) is 6.43 Å². The molecule has 0 radical (unpaired) electrons. The summed E-state index contributed by atoms with van der Waals surface area (Å²) >= 11 is 2.82. The molecule has 0 unspecified atom stereocenters. The largest absolute Gasteiger partial charge is 0.505 e. The van der Waals surface area contributed by atoms with E-state index in [2.05, 4.69) is 20.9 Å². The molecule has 1 aromatic rings. The predicted octanol–water partition coefficient (Wildman–Crippen LogP) is 2.55. The highest BCUT2D eigenvalue weighted by molar-refractivity contribution is 9.10. The smallest absolute Gasteiger partial charge is 0.280 e. The normalized spacial score (nSPS) is 10.2. The molecule has 1 N–H and O–H groups in total. The third-order valence-corrected chi connectivity index (χ3v) is 2.13. The number of pyridine rings is 1. The lowest BCUT2D eigenvalue weighted by Crippen LogP contribution is -1.98. The third-order valence-electron chi connectivity index (χ3n) is 1.55. The number of rotatable bonds is 2. The zero-order valence-corrected chi connectivity index (χ0v) is 8.42. The van der Waals surface area contributed by atoms with E-state index in [0.717, 1.165) is 6.07 Å². The molecule has 14 heavy (non-hydrogen) atoms. The van der Waals surface area contributed by atoms with Gasteiger partial charge in [-0.2, -0.15) is 5.26 Å². The molecule has 0 aliphatic carbocycles. The van der Waals surface area contributed by atoms with E-state index in [4.69, 9.17) is 10.4 Å². The van der Waals surface area contributed by atoms with E-state index in [0.29, 0.717) is 0 Å². The molecule has 1 heterocycles. The first-order chi connectivity index (χ1) is 6.56. The van der Waals surface area contributed by atoms with Gasteiger partial charge in [-0.1, -0.05) is 0 Å². The Morgan fingerprint density at radius 1 is 1.64 bits per heavy atom. The van der Waals surface area contributed by atoms with Crippen LogP contribution in [-0.2, 0) is 6.42 Å². The number of hydrogen-bond acceptors (Lipinski definition) is 3. The van der Waals surface area contributed by atoms with Gasteiger partial charge in [0.2, 0.25) is 0 Å². The van der Waals surface area contributed by atoms with Gasteiger partial charge in [-0.25, -0.2) is 13.8 Å². The maximum atomic E-state index is 12.4. The minimum absolute atomic E-state index is 0.0446.